The Balaban J connectivity index is 1.33. The number of alkyl halides is 3. The van der Waals surface area contributed by atoms with Gasteiger partial charge in [0.15, 0.2) is 0 Å². The van der Waals surface area contributed by atoms with Crippen molar-refractivity contribution in [2.24, 2.45) is 0 Å². The number of hydrogen-bond donors (Lipinski definition) is 3. The standard InChI is InChI=1S/C28H28ClF3N4O3/c29-26-12-9-21(16-25(26)28(30,31)32)35-27(38)34-20-7-10-23(11-8-20)39-24-6-3-5-22(17-24)36(18-37)15-13-19-4-1-2-14-33-19/h3,5-12,16-19,33H,1-2,4,13-15H2,(H2,34,35,38). The molecule has 39 heavy (non-hydrogen) atoms. The average molecular weight is 561 g/mol. The Morgan fingerprint density at radius 2 is 1.77 bits per heavy atom. The van der Waals surface area contributed by atoms with Crippen LogP contribution in [0.1, 0.15) is 31.2 Å². The Labute approximate surface area is 229 Å². The van der Waals surface area contributed by atoms with E-state index in [1.54, 1.807) is 47.4 Å². The summed E-state index contributed by atoms with van der Waals surface area (Å²) in [7, 11) is 0. The van der Waals surface area contributed by atoms with Crippen molar-refractivity contribution < 1.29 is 27.5 Å². The first kappa shape index (κ1) is 28.3. The quantitative estimate of drug-likeness (QED) is 0.240. The van der Waals surface area contributed by atoms with Gasteiger partial charge in [-0.05, 0) is 80.4 Å². The van der Waals surface area contributed by atoms with Crippen molar-refractivity contribution in [3.63, 3.8) is 0 Å². The first-order chi connectivity index (χ1) is 18.7. The van der Waals surface area contributed by atoms with E-state index in [1.807, 2.05) is 6.07 Å². The second kappa shape index (κ2) is 12.9. The Morgan fingerprint density at radius 3 is 2.46 bits per heavy atom. The molecule has 3 N–H and O–H groups in total. The minimum atomic E-state index is -4.64. The van der Waals surface area contributed by atoms with Crippen LogP contribution >= 0.6 is 11.6 Å². The van der Waals surface area contributed by atoms with E-state index in [9.17, 15) is 22.8 Å². The van der Waals surface area contributed by atoms with Crippen LogP contribution in [0.25, 0.3) is 0 Å². The summed E-state index contributed by atoms with van der Waals surface area (Å²) in [6.45, 7) is 1.61. The monoisotopic (exact) mass is 560 g/mol. The molecule has 1 saturated heterocycles. The molecule has 1 heterocycles. The number of carbonyl (C=O) groups is 2. The number of ether oxygens (including phenoxy) is 1. The number of amides is 3. The summed E-state index contributed by atoms with van der Waals surface area (Å²) in [5, 5.41) is 7.95. The highest BCUT2D eigenvalue weighted by molar-refractivity contribution is 6.31. The molecule has 3 amide bonds. The minimum Gasteiger partial charge on any atom is -0.457 e. The molecule has 4 rings (SSSR count). The fourth-order valence-electron chi connectivity index (χ4n) is 4.29. The fraction of sp³-hybridized carbons (Fsp3) is 0.286. The van der Waals surface area contributed by atoms with Crippen LogP contribution < -0.4 is 25.6 Å². The van der Waals surface area contributed by atoms with Crippen molar-refractivity contribution >= 4 is 41.1 Å². The molecule has 3 aromatic carbocycles. The topological polar surface area (TPSA) is 82.7 Å². The minimum absolute atomic E-state index is 0.0524. The maximum absolute atomic E-state index is 13.0. The lowest BCUT2D eigenvalue weighted by molar-refractivity contribution is -0.137. The van der Waals surface area contributed by atoms with Crippen molar-refractivity contribution in [3.05, 3.63) is 77.3 Å². The Kier molecular flexibility index (Phi) is 9.32. The molecule has 11 heteroatoms. The van der Waals surface area contributed by atoms with Gasteiger partial charge >= 0.3 is 12.2 Å². The molecule has 1 atom stereocenters. The number of anilines is 3. The number of piperidine rings is 1. The van der Waals surface area contributed by atoms with E-state index >= 15 is 0 Å². The van der Waals surface area contributed by atoms with Gasteiger partial charge in [0.1, 0.15) is 11.5 Å². The fourth-order valence-corrected chi connectivity index (χ4v) is 4.51. The zero-order chi connectivity index (χ0) is 27.8. The lowest BCUT2D eigenvalue weighted by Crippen LogP contribution is -2.37. The third kappa shape index (κ3) is 8.11. The van der Waals surface area contributed by atoms with Gasteiger partial charge in [-0.3, -0.25) is 4.79 Å². The summed E-state index contributed by atoms with van der Waals surface area (Å²) in [4.78, 5) is 25.7. The molecule has 0 saturated carbocycles. The Bertz CT molecular complexity index is 1280. The van der Waals surface area contributed by atoms with E-state index < -0.39 is 22.8 Å². The van der Waals surface area contributed by atoms with Gasteiger partial charge in [-0.15, -0.1) is 0 Å². The van der Waals surface area contributed by atoms with E-state index in [2.05, 4.69) is 16.0 Å². The van der Waals surface area contributed by atoms with Crippen LogP contribution in [-0.4, -0.2) is 31.6 Å². The van der Waals surface area contributed by atoms with Crippen LogP contribution in [0.3, 0.4) is 0 Å². The number of nitrogens with one attached hydrogen (secondary N) is 3. The molecular formula is C28H28ClF3N4O3. The van der Waals surface area contributed by atoms with E-state index in [4.69, 9.17) is 16.3 Å². The molecular weight excluding hydrogens is 533 g/mol. The van der Waals surface area contributed by atoms with Crippen molar-refractivity contribution in [2.75, 3.05) is 28.6 Å². The number of benzene rings is 3. The molecule has 1 aliphatic rings. The number of hydrogen-bond acceptors (Lipinski definition) is 4. The first-order valence-electron chi connectivity index (χ1n) is 12.5. The highest BCUT2D eigenvalue weighted by atomic mass is 35.5. The number of carbonyl (C=O) groups excluding carboxylic acids is 2. The van der Waals surface area contributed by atoms with Gasteiger partial charge in [0.2, 0.25) is 6.41 Å². The van der Waals surface area contributed by atoms with Gasteiger partial charge in [-0.1, -0.05) is 24.1 Å². The number of halogens is 4. The van der Waals surface area contributed by atoms with E-state index in [0.717, 1.165) is 43.6 Å². The van der Waals surface area contributed by atoms with E-state index in [0.29, 0.717) is 29.8 Å². The summed E-state index contributed by atoms with van der Waals surface area (Å²) in [6, 6.07) is 16.5. The SMILES string of the molecule is O=CN(CCC1CCCCN1)c1cccc(Oc2ccc(NC(=O)Nc3ccc(Cl)c(C(F)(F)F)c3)cc2)c1. The van der Waals surface area contributed by atoms with Gasteiger partial charge < -0.3 is 25.6 Å². The first-order valence-corrected chi connectivity index (χ1v) is 12.9. The largest absolute Gasteiger partial charge is 0.457 e. The zero-order valence-electron chi connectivity index (χ0n) is 20.9. The lowest BCUT2D eigenvalue weighted by atomic mass is 10.0. The van der Waals surface area contributed by atoms with Crippen LogP contribution in [0.4, 0.5) is 35.0 Å². The third-order valence-corrected chi connectivity index (χ3v) is 6.61. The highest BCUT2D eigenvalue weighted by Gasteiger charge is 2.33. The molecule has 0 bridgehead atoms. The second-order valence-electron chi connectivity index (χ2n) is 9.13. The molecule has 206 valence electrons. The predicted octanol–water partition coefficient (Wildman–Crippen LogP) is 7.29. The number of urea groups is 1. The molecule has 7 nitrogen and oxygen atoms in total. The summed E-state index contributed by atoms with van der Waals surface area (Å²) in [5.41, 5.74) is 0.0414. The van der Waals surface area contributed by atoms with E-state index in [-0.39, 0.29) is 5.69 Å². The molecule has 1 unspecified atom stereocenters. The van der Waals surface area contributed by atoms with Crippen LogP contribution in [0.15, 0.2) is 66.7 Å². The van der Waals surface area contributed by atoms with Crippen molar-refractivity contribution in [2.45, 2.75) is 37.9 Å². The normalized spacial score (nSPS) is 15.3. The smallest absolute Gasteiger partial charge is 0.417 e. The van der Waals surface area contributed by atoms with Crippen LogP contribution in [0.5, 0.6) is 11.5 Å². The van der Waals surface area contributed by atoms with Crippen molar-refractivity contribution in [1.29, 1.82) is 0 Å². The third-order valence-electron chi connectivity index (χ3n) is 6.28. The number of nitrogens with zero attached hydrogens (tertiary/aromatic N) is 1. The molecule has 0 spiro atoms. The van der Waals surface area contributed by atoms with Crippen molar-refractivity contribution in [3.8, 4) is 11.5 Å². The summed E-state index contributed by atoms with van der Waals surface area (Å²) >= 11 is 5.61. The van der Waals surface area contributed by atoms with Gasteiger partial charge in [0.25, 0.3) is 0 Å². The van der Waals surface area contributed by atoms with Gasteiger partial charge in [-0.2, -0.15) is 13.2 Å². The van der Waals surface area contributed by atoms with Gasteiger partial charge in [0.05, 0.1) is 10.6 Å². The Hall–Kier alpha value is -3.76. The van der Waals surface area contributed by atoms with Crippen LogP contribution in [0, 0.1) is 0 Å². The highest BCUT2D eigenvalue weighted by Crippen LogP contribution is 2.36. The van der Waals surface area contributed by atoms with Crippen molar-refractivity contribution in [1.82, 2.24) is 5.32 Å². The predicted molar refractivity (Wildman–Crippen MR) is 146 cm³/mol. The zero-order valence-corrected chi connectivity index (χ0v) is 21.7. The van der Waals surface area contributed by atoms with Crippen LogP contribution in [-0.2, 0) is 11.0 Å². The molecule has 0 aromatic heterocycles. The molecule has 1 fully saturated rings. The van der Waals surface area contributed by atoms with Gasteiger partial charge in [0, 0.05) is 35.7 Å². The lowest BCUT2D eigenvalue weighted by Gasteiger charge is -2.26. The summed E-state index contributed by atoms with van der Waals surface area (Å²) in [5.74, 6) is 1.03. The second-order valence-corrected chi connectivity index (χ2v) is 9.54. The molecule has 3 aromatic rings. The summed E-state index contributed by atoms with van der Waals surface area (Å²) in [6.07, 6.45) is 0.551. The van der Waals surface area contributed by atoms with Gasteiger partial charge in [-0.25, -0.2) is 4.79 Å². The maximum atomic E-state index is 13.0. The molecule has 1 aliphatic heterocycles. The van der Waals surface area contributed by atoms with Crippen LogP contribution in [0.2, 0.25) is 5.02 Å². The maximum Gasteiger partial charge on any atom is 0.417 e. The number of rotatable bonds is 9. The molecule has 0 radical (unpaired) electrons. The Morgan fingerprint density at radius 1 is 1.03 bits per heavy atom. The average Bonchev–Trinajstić information content (AvgIpc) is 2.91. The molecule has 0 aliphatic carbocycles. The summed E-state index contributed by atoms with van der Waals surface area (Å²) < 4.78 is 45.1. The van der Waals surface area contributed by atoms with E-state index in [1.165, 1.54) is 18.9 Å².